The van der Waals surface area contributed by atoms with Gasteiger partial charge in [0.25, 0.3) is 0 Å². The SMILES string of the molecule is O=C(C1CCN(Cc2ccc(Cl)cc2)CC1)N1CCOCC1. The molecule has 22 heavy (non-hydrogen) atoms. The molecule has 3 rings (SSSR count). The van der Waals surface area contributed by atoms with Gasteiger partial charge in [0.1, 0.15) is 0 Å². The Kier molecular flexibility index (Phi) is 5.34. The van der Waals surface area contributed by atoms with E-state index in [1.165, 1.54) is 5.56 Å². The highest BCUT2D eigenvalue weighted by Crippen LogP contribution is 2.22. The smallest absolute Gasteiger partial charge is 0.225 e. The van der Waals surface area contributed by atoms with Gasteiger partial charge >= 0.3 is 0 Å². The fraction of sp³-hybridized carbons (Fsp3) is 0.588. The number of hydrogen-bond acceptors (Lipinski definition) is 3. The summed E-state index contributed by atoms with van der Waals surface area (Å²) in [6.07, 6.45) is 1.92. The summed E-state index contributed by atoms with van der Waals surface area (Å²) in [6.45, 7) is 5.79. The van der Waals surface area contributed by atoms with Crippen LogP contribution in [0.5, 0.6) is 0 Å². The second-order valence-electron chi connectivity index (χ2n) is 6.11. The molecule has 0 aliphatic carbocycles. The van der Waals surface area contributed by atoms with E-state index in [0.29, 0.717) is 19.1 Å². The van der Waals surface area contributed by atoms with Crippen LogP contribution in [0.2, 0.25) is 5.02 Å². The predicted molar refractivity (Wildman–Crippen MR) is 86.9 cm³/mol. The van der Waals surface area contributed by atoms with Gasteiger partial charge in [0.15, 0.2) is 0 Å². The molecule has 0 atom stereocenters. The molecule has 2 heterocycles. The Morgan fingerprint density at radius 3 is 2.36 bits per heavy atom. The molecule has 4 nitrogen and oxygen atoms in total. The van der Waals surface area contributed by atoms with Gasteiger partial charge in [0, 0.05) is 30.6 Å². The Balaban J connectivity index is 1.47. The molecule has 1 aromatic rings. The van der Waals surface area contributed by atoms with Gasteiger partial charge in [-0.3, -0.25) is 9.69 Å². The molecule has 0 bridgehead atoms. The second kappa shape index (κ2) is 7.44. The number of likely N-dealkylation sites (tertiary alicyclic amines) is 1. The molecule has 0 spiro atoms. The lowest BCUT2D eigenvalue weighted by atomic mass is 9.94. The summed E-state index contributed by atoms with van der Waals surface area (Å²) >= 11 is 5.92. The third kappa shape index (κ3) is 4.00. The van der Waals surface area contributed by atoms with Crippen molar-refractivity contribution in [3.63, 3.8) is 0 Å². The van der Waals surface area contributed by atoms with Crippen LogP contribution in [-0.2, 0) is 16.1 Å². The summed E-state index contributed by atoms with van der Waals surface area (Å²) in [5.41, 5.74) is 1.28. The highest BCUT2D eigenvalue weighted by molar-refractivity contribution is 6.30. The average molecular weight is 323 g/mol. The quantitative estimate of drug-likeness (QED) is 0.856. The summed E-state index contributed by atoms with van der Waals surface area (Å²) in [5.74, 6) is 0.522. The van der Waals surface area contributed by atoms with Crippen LogP contribution in [0.25, 0.3) is 0 Å². The van der Waals surface area contributed by atoms with E-state index in [2.05, 4.69) is 17.0 Å². The molecule has 0 radical (unpaired) electrons. The number of benzene rings is 1. The number of rotatable bonds is 3. The Morgan fingerprint density at radius 2 is 1.73 bits per heavy atom. The first-order valence-electron chi connectivity index (χ1n) is 8.06. The van der Waals surface area contributed by atoms with Gasteiger partial charge in [-0.1, -0.05) is 23.7 Å². The summed E-state index contributed by atoms with van der Waals surface area (Å²) < 4.78 is 5.32. The number of carbonyl (C=O) groups is 1. The lowest BCUT2D eigenvalue weighted by Crippen LogP contribution is -2.46. The van der Waals surface area contributed by atoms with E-state index in [4.69, 9.17) is 16.3 Å². The molecule has 120 valence electrons. The van der Waals surface area contributed by atoms with Gasteiger partial charge in [-0.25, -0.2) is 0 Å². The lowest BCUT2D eigenvalue weighted by Gasteiger charge is -2.35. The van der Waals surface area contributed by atoms with Gasteiger partial charge in [0.05, 0.1) is 13.2 Å². The van der Waals surface area contributed by atoms with Gasteiger partial charge in [-0.2, -0.15) is 0 Å². The van der Waals surface area contributed by atoms with E-state index in [0.717, 1.165) is 50.6 Å². The summed E-state index contributed by atoms with van der Waals surface area (Å²) in [7, 11) is 0. The zero-order chi connectivity index (χ0) is 15.4. The molecule has 2 aliphatic heterocycles. The minimum absolute atomic E-state index is 0.194. The molecule has 2 saturated heterocycles. The first-order chi connectivity index (χ1) is 10.7. The Hall–Kier alpha value is -1.10. The Bertz CT molecular complexity index is 492. The third-order valence-corrected chi connectivity index (χ3v) is 4.83. The van der Waals surface area contributed by atoms with Gasteiger partial charge in [-0.15, -0.1) is 0 Å². The van der Waals surface area contributed by atoms with Gasteiger partial charge < -0.3 is 9.64 Å². The van der Waals surface area contributed by atoms with E-state index < -0.39 is 0 Å². The van der Waals surface area contributed by atoms with Gasteiger partial charge in [-0.05, 0) is 43.6 Å². The Morgan fingerprint density at radius 1 is 1.09 bits per heavy atom. The standard InChI is InChI=1S/C17H23ClN2O2/c18-16-3-1-14(2-4-16)13-19-7-5-15(6-8-19)17(21)20-9-11-22-12-10-20/h1-4,15H,5-13H2. The maximum Gasteiger partial charge on any atom is 0.225 e. The Labute approximate surface area is 137 Å². The topological polar surface area (TPSA) is 32.8 Å². The van der Waals surface area contributed by atoms with Gasteiger partial charge in [0.2, 0.25) is 5.91 Å². The molecular weight excluding hydrogens is 300 g/mol. The maximum absolute atomic E-state index is 12.5. The van der Waals surface area contributed by atoms with Crippen LogP contribution in [0.3, 0.4) is 0 Å². The molecule has 2 fully saturated rings. The lowest BCUT2D eigenvalue weighted by molar-refractivity contribution is -0.141. The number of amides is 1. The normalized spacial score (nSPS) is 21.0. The van der Waals surface area contributed by atoms with Crippen molar-refractivity contribution in [2.45, 2.75) is 19.4 Å². The minimum atomic E-state index is 0.194. The monoisotopic (exact) mass is 322 g/mol. The fourth-order valence-electron chi connectivity index (χ4n) is 3.23. The van der Waals surface area contributed by atoms with E-state index in [1.807, 2.05) is 17.0 Å². The van der Waals surface area contributed by atoms with Crippen LogP contribution >= 0.6 is 11.6 Å². The highest BCUT2D eigenvalue weighted by Gasteiger charge is 2.29. The van der Waals surface area contributed by atoms with Crippen LogP contribution in [0.15, 0.2) is 24.3 Å². The largest absolute Gasteiger partial charge is 0.378 e. The number of morpholine rings is 1. The molecule has 0 saturated carbocycles. The molecule has 0 unspecified atom stereocenters. The molecule has 1 amide bonds. The highest BCUT2D eigenvalue weighted by atomic mass is 35.5. The molecule has 1 aromatic carbocycles. The number of nitrogens with zero attached hydrogens (tertiary/aromatic N) is 2. The van der Waals surface area contributed by atoms with Crippen LogP contribution in [0.4, 0.5) is 0 Å². The molecule has 5 heteroatoms. The van der Waals surface area contributed by atoms with Crippen LogP contribution in [-0.4, -0.2) is 55.1 Å². The minimum Gasteiger partial charge on any atom is -0.378 e. The average Bonchev–Trinajstić information content (AvgIpc) is 2.58. The van der Waals surface area contributed by atoms with E-state index in [-0.39, 0.29) is 5.92 Å². The molecule has 2 aliphatic rings. The van der Waals surface area contributed by atoms with Crippen molar-refractivity contribution >= 4 is 17.5 Å². The number of piperidine rings is 1. The molecule has 0 aromatic heterocycles. The van der Waals surface area contributed by atoms with Crippen LogP contribution in [0, 0.1) is 5.92 Å². The van der Waals surface area contributed by atoms with Crippen molar-refractivity contribution in [3.8, 4) is 0 Å². The summed E-state index contributed by atoms with van der Waals surface area (Å²) in [4.78, 5) is 16.9. The van der Waals surface area contributed by atoms with Crippen LogP contribution in [0.1, 0.15) is 18.4 Å². The first kappa shape index (κ1) is 15.8. The maximum atomic E-state index is 12.5. The number of hydrogen-bond donors (Lipinski definition) is 0. The summed E-state index contributed by atoms with van der Waals surface area (Å²) in [6, 6.07) is 8.03. The number of ether oxygens (including phenoxy) is 1. The van der Waals surface area contributed by atoms with E-state index in [1.54, 1.807) is 0 Å². The van der Waals surface area contributed by atoms with Crippen molar-refractivity contribution in [1.29, 1.82) is 0 Å². The van der Waals surface area contributed by atoms with Crippen molar-refractivity contribution in [2.75, 3.05) is 39.4 Å². The first-order valence-corrected chi connectivity index (χ1v) is 8.43. The number of carbonyl (C=O) groups excluding carboxylic acids is 1. The number of halogens is 1. The van der Waals surface area contributed by atoms with E-state index in [9.17, 15) is 4.79 Å². The second-order valence-corrected chi connectivity index (χ2v) is 6.55. The van der Waals surface area contributed by atoms with Crippen molar-refractivity contribution in [1.82, 2.24) is 9.80 Å². The van der Waals surface area contributed by atoms with Crippen molar-refractivity contribution in [3.05, 3.63) is 34.9 Å². The van der Waals surface area contributed by atoms with Crippen LogP contribution < -0.4 is 0 Å². The molecule has 0 N–H and O–H groups in total. The third-order valence-electron chi connectivity index (χ3n) is 4.58. The molecular formula is C17H23ClN2O2. The van der Waals surface area contributed by atoms with E-state index >= 15 is 0 Å². The van der Waals surface area contributed by atoms with Crippen molar-refractivity contribution < 1.29 is 9.53 Å². The zero-order valence-corrected chi connectivity index (χ0v) is 13.6. The predicted octanol–water partition coefficient (Wildman–Crippen LogP) is 2.41. The zero-order valence-electron chi connectivity index (χ0n) is 12.8. The van der Waals surface area contributed by atoms with Crippen molar-refractivity contribution in [2.24, 2.45) is 5.92 Å². The fourth-order valence-corrected chi connectivity index (χ4v) is 3.35. The summed E-state index contributed by atoms with van der Waals surface area (Å²) in [5, 5.41) is 0.776.